The molecule has 0 amide bonds. The van der Waals surface area contributed by atoms with Gasteiger partial charge in [0.2, 0.25) is 5.89 Å². The van der Waals surface area contributed by atoms with Crippen LogP contribution in [0.25, 0.3) is 22.4 Å². The zero-order chi connectivity index (χ0) is 17.2. The number of fused-ring (bicyclic) bond motifs is 1. The van der Waals surface area contributed by atoms with Crippen LogP contribution >= 0.6 is 0 Å². The molecular weight excluding hydrogens is 318 g/mol. The highest BCUT2D eigenvalue weighted by atomic mass is 16.5. The molecule has 25 heavy (non-hydrogen) atoms. The highest BCUT2D eigenvalue weighted by Gasteiger charge is 2.15. The van der Waals surface area contributed by atoms with Gasteiger partial charge in [0.25, 0.3) is 5.89 Å². The summed E-state index contributed by atoms with van der Waals surface area (Å²) in [5.41, 5.74) is 3.30. The molecule has 4 aromatic rings. The Hall–Kier alpha value is -3.41. The van der Waals surface area contributed by atoms with Gasteiger partial charge in [-0.1, -0.05) is 35.9 Å². The highest BCUT2D eigenvalue weighted by Crippen LogP contribution is 2.21. The van der Waals surface area contributed by atoms with E-state index in [0.717, 1.165) is 22.0 Å². The minimum absolute atomic E-state index is 0.0723. The van der Waals surface area contributed by atoms with Gasteiger partial charge in [0.05, 0.1) is 5.56 Å². The Kier molecular flexibility index (Phi) is 3.78. The minimum Gasteiger partial charge on any atom is -0.452 e. The maximum atomic E-state index is 12.3. The number of nitrogens with one attached hydrogen (secondary N) is 1. The van der Waals surface area contributed by atoms with Gasteiger partial charge in [-0.15, -0.1) is 10.2 Å². The molecule has 1 N–H and O–H groups in total. The molecule has 0 aliphatic rings. The molecule has 124 valence electrons. The summed E-state index contributed by atoms with van der Waals surface area (Å²) in [4.78, 5) is 15.3. The number of carbonyl (C=O) groups is 1. The van der Waals surface area contributed by atoms with Crippen molar-refractivity contribution in [2.75, 3.05) is 0 Å². The van der Waals surface area contributed by atoms with Crippen molar-refractivity contribution in [3.05, 3.63) is 71.7 Å². The van der Waals surface area contributed by atoms with E-state index in [9.17, 15) is 4.79 Å². The van der Waals surface area contributed by atoms with Crippen LogP contribution in [-0.4, -0.2) is 21.2 Å². The first-order valence-electron chi connectivity index (χ1n) is 7.83. The van der Waals surface area contributed by atoms with Gasteiger partial charge in [0.15, 0.2) is 6.61 Å². The van der Waals surface area contributed by atoms with Crippen LogP contribution in [0.15, 0.2) is 59.1 Å². The zero-order valence-electron chi connectivity index (χ0n) is 13.5. The molecule has 0 aliphatic carbocycles. The Morgan fingerprint density at radius 1 is 1.16 bits per heavy atom. The van der Waals surface area contributed by atoms with Crippen LogP contribution in [0.3, 0.4) is 0 Å². The number of aryl methyl sites for hydroxylation is 1. The van der Waals surface area contributed by atoms with E-state index in [-0.39, 0.29) is 12.5 Å². The average molecular weight is 333 g/mol. The molecule has 0 bridgehead atoms. The summed E-state index contributed by atoms with van der Waals surface area (Å²) in [6.45, 7) is 1.92. The first-order chi connectivity index (χ1) is 12.2. The van der Waals surface area contributed by atoms with E-state index in [1.165, 1.54) is 0 Å². The van der Waals surface area contributed by atoms with Crippen molar-refractivity contribution in [2.24, 2.45) is 0 Å². The van der Waals surface area contributed by atoms with Crippen molar-refractivity contribution < 1.29 is 13.9 Å². The first kappa shape index (κ1) is 15.1. The van der Waals surface area contributed by atoms with Gasteiger partial charge in [0, 0.05) is 22.7 Å². The highest BCUT2D eigenvalue weighted by molar-refractivity contribution is 6.03. The van der Waals surface area contributed by atoms with Gasteiger partial charge in [-0.05, 0) is 25.1 Å². The number of ether oxygens (including phenoxy) is 1. The predicted octanol–water partition coefficient (Wildman–Crippen LogP) is 3.88. The molecule has 0 atom stereocenters. The first-order valence-corrected chi connectivity index (χ1v) is 7.83. The number of hydrogen-bond acceptors (Lipinski definition) is 5. The van der Waals surface area contributed by atoms with Crippen LogP contribution in [0.4, 0.5) is 0 Å². The number of rotatable bonds is 4. The van der Waals surface area contributed by atoms with Crippen LogP contribution in [0.2, 0.25) is 0 Å². The lowest BCUT2D eigenvalue weighted by molar-refractivity contribution is 0.0441. The quantitative estimate of drug-likeness (QED) is 0.573. The van der Waals surface area contributed by atoms with Crippen LogP contribution in [0, 0.1) is 6.92 Å². The Balaban J connectivity index is 1.47. The van der Waals surface area contributed by atoms with Crippen molar-refractivity contribution in [3.8, 4) is 11.5 Å². The van der Waals surface area contributed by atoms with E-state index in [2.05, 4.69) is 15.2 Å². The summed E-state index contributed by atoms with van der Waals surface area (Å²) < 4.78 is 10.9. The summed E-state index contributed by atoms with van der Waals surface area (Å²) in [7, 11) is 0. The number of H-pyrrole nitrogens is 1. The molecule has 2 aromatic heterocycles. The topological polar surface area (TPSA) is 81.0 Å². The Bertz CT molecular complexity index is 1050. The second kappa shape index (κ2) is 6.24. The van der Waals surface area contributed by atoms with Crippen molar-refractivity contribution >= 4 is 16.9 Å². The molecule has 6 heteroatoms. The third kappa shape index (κ3) is 3.01. The van der Waals surface area contributed by atoms with Crippen LogP contribution < -0.4 is 0 Å². The number of nitrogens with zero attached hydrogens (tertiary/aromatic N) is 2. The molecule has 0 saturated heterocycles. The number of para-hydroxylation sites is 1. The number of aromatic amines is 1. The van der Waals surface area contributed by atoms with E-state index in [1.807, 2.05) is 55.5 Å². The fraction of sp³-hybridized carbons (Fsp3) is 0.105. The summed E-state index contributed by atoms with van der Waals surface area (Å²) in [5.74, 6) is 0.222. The Labute approximate surface area is 143 Å². The fourth-order valence-corrected chi connectivity index (χ4v) is 2.65. The van der Waals surface area contributed by atoms with Crippen molar-refractivity contribution in [3.63, 3.8) is 0 Å². The molecule has 0 aliphatic heterocycles. The van der Waals surface area contributed by atoms with E-state index in [4.69, 9.17) is 9.15 Å². The molecule has 0 radical (unpaired) electrons. The third-order valence-corrected chi connectivity index (χ3v) is 3.87. The fourth-order valence-electron chi connectivity index (χ4n) is 2.65. The van der Waals surface area contributed by atoms with Gasteiger partial charge >= 0.3 is 5.97 Å². The van der Waals surface area contributed by atoms with Gasteiger partial charge < -0.3 is 14.1 Å². The molecular formula is C19H15N3O3. The lowest BCUT2D eigenvalue weighted by Gasteiger charge is -2.00. The smallest absolute Gasteiger partial charge is 0.340 e. The molecule has 0 fully saturated rings. The molecule has 0 saturated carbocycles. The Morgan fingerprint density at radius 2 is 2.04 bits per heavy atom. The van der Waals surface area contributed by atoms with Crippen molar-refractivity contribution in [2.45, 2.75) is 13.5 Å². The second-order valence-corrected chi connectivity index (χ2v) is 5.69. The lowest BCUT2D eigenvalue weighted by Crippen LogP contribution is -2.04. The number of carbonyl (C=O) groups excluding carboxylic acids is 1. The summed E-state index contributed by atoms with van der Waals surface area (Å²) in [6, 6.07) is 15.3. The van der Waals surface area contributed by atoms with Gasteiger partial charge in [-0.25, -0.2) is 4.79 Å². The van der Waals surface area contributed by atoms with Crippen LogP contribution in [0.1, 0.15) is 21.8 Å². The van der Waals surface area contributed by atoms with Gasteiger partial charge in [0.1, 0.15) is 0 Å². The minimum atomic E-state index is -0.437. The van der Waals surface area contributed by atoms with Crippen molar-refractivity contribution in [1.82, 2.24) is 15.2 Å². The largest absolute Gasteiger partial charge is 0.452 e. The molecule has 0 spiro atoms. The van der Waals surface area contributed by atoms with E-state index in [1.54, 1.807) is 6.20 Å². The van der Waals surface area contributed by atoms with Crippen molar-refractivity contribution in [1.29, 1.82) is 0 Å². The maximum Gasteiger partial charge on any atom is 0.340 e. The molecule has 6 nitrogen and oxygen atoms in total. The monoisotopic (exact) mass is 333 g/mol. The van der Waals surface area contributed by atoms with E-state index in [0.29, 0.717) is 11.5 Å². The van der Waals surface area contributed by atoms with Gasteiger partial charge in [-0.3, -0.25) is 0 Å². The van der Waals surface area contributed by atoms with E-state index < -0.39 is 5.97 Å². The number of benzene rings is 2. The number of esters is 1. The Morgan fingerprint density at radius 3 is 2.92 bits per heavy atom. The number of aromatic nitrogens is 3. The normalized spacial score (nSPS) is 10.9. The van der Waals surface area contributed by atoms with Gasteiger partial charge in [-0.2, -0.15) is 0 Å². The summed E-state index contributed by atoms with van der Waals surface area (Å²) in [6.07, 6.45) is 1.64. The van der Waals surface area contributed by atoms with E-state index >= 15 is 0 Å². The SMILES string of the molecule is Cc1cccc(-c2nnc(COC(=O)c3c[nH]c4ccccc34)o2)c1. The predicted molar refractivity (Wildman–Crippen MR) is 91.9 cm³/mol. The molecule has 4 rings (SSSR count). The second-order valence-electron chi connectivity index (χ2n) is 5.69. The van der Waals surface area contributed by atoms with Crippen LogP contribution in [-0.2, 0) is 11.3 Å². The van der Waals surface area contributed by atoms with Crippen LogP contribution in [0.5, 0.6) is 0 Å². The maximum absolute atomic E-state index is 12.3. The number of hydrogen-bond donors (Lipinski definition) is 1. The standard InChI is InChI=1S/C19H15N3O3/c1-12-5-4-6-13(9-12)18-22-21-17(25-18)11-24-19(23)15-10-20-16-8-3-2-7-14(15)16/h2-10,20H,11H2,1H3. The molecule has 0 unspecified atom stereocenters. The third-order valence-electron chi connectivity index (χ3n) is 3.87. The average Bonchev–Trinajstić information content (AvgIpc) is 3.27. The summed E-state index contributed by atoms with van der Waals surface area (Å²) >= 11 is 0. The zero-order valence-corrected chi connectivity index (χ0v) is 13.5. The lowest BCUT2D eigenvalue weighted by atomic mass is 10.1. The molecule has 2 aromatic carbocycles. The summed E-state index contributed by atoms with van der Waals surface area (Å²) in [5, 5.41) is 8.76. The molecule has 2 heterocycles.